The van der Waals surface area contributed by atoms with Gasteiger partial charge in [-0.15, -0.1) is 25.3 Å². The normalized spacial score (nSPS) is 5.20. The first kappa shape index (κ1) is 9.46. The van der Waals surface area contributed by atoms with Gasteiger partial charge in [-0.1, -0.05) is 12.2 Å². The molecular weight excluding hydrogens is 140 g/mol. The van der Waals surface area contributed by atoms with Gasteiger partial charge in [0.15, 0.2) is 0 Å². The van der Waals surface area contributed by atoms with E-state index in [1.54, 1.807) is 0 Å². The fourth-order valence-corrected chi connectivity index (χ4v) is 0. The Morgan fingerprint density at radius 1 is 1.40 bits per heavy atom. The maximum atomic E-state index is 4.27. The molecule has 0 bridgehead atoms. The number of hydrogen-bond acceptors (Lipinski definition) is 1. The van der Waals surface area contributed by atoms with Gasteiger partial charge in [-0.3, -0.25) is 0 Å². The van der Waals surface area contributed by atoms with E-state index in [4.69, 9.17) is 0 Å². The van der Waals surface area contributed by atoms with Gasteiger partial charge in [-0.25, -0.2) is 0 Å². The lowest BCUT2D eigenvalue weighted by Gasteiger charge is -1.59. The topological polar surface area (TPSA) is 0 Å². The van der Waals surface area contributed by atoms with Crippen LogP contribution < -0.4 is 0 Å². The van der Waals surface area contributed by atoms with E-state index in [0.29, 0.717) is 3.53 Å². The van der Waals surface area contributed by atoms with Crippen molar-refractivity contribution in [2.75, 3.05) is 0 Å². The molecule has 0 heterocycles. The lowest BCUT2D eigenvalue weighted by atomic mass is 11.9. The van der Waals surface area contributed by atoms with Crippen molar-refractivity contribution in [3.05, 3.63) is 0 Å². The SMILES string of the molecule is S.S=C(S)S. The molecule has 0 amide bonds. The summed E-state index contributed by atoms with van der Waals surface area (Å²) in [4.78, 5) is 0. The van der Waals surface area contributed by atoms with E-state index in [2.05, 4.69) is 37.5 Å². The molecule has 0 aromatic heterocycles. The summed E-state index contributed by atoms with van der Waals surface area (Å²) in [6.45, 7) is 0. The second kappa shape index (κ2) is 5.14. The third-order valence-electron chi connectivity index (χ3n) is 0. The molecule has 5 heavy (non-hydrogen) atoms. The molecule has 0 radical (unpaired) electrons. The molecule has 0 aromatic rings. The Morgan fingerprint density at radius 3 is 1.40 bits per heavy atom. The zero-order valence-corrected chi connectivity index (χ0v) is 5.91. The van der Waals surface area contributed by atoms with Crippen molar-refractivity contribution >= 4 is 54.5 Å². The van der Waals surface area contributed by atoms with E-state index < -0.39 is 0 Å². The van der Waals surface area contributed by atoms with Crippen LogP contribution in [-0.4, -0.2) is 3.53 Å². The highest BCUT2D eigenvalue weighted by molar-refractivity contribution is 8.34. The predicted molar refractivity (Wildman–Crippen MR) is 41.0 cm³/mol. The largest absolute Gasteiger partial charge is 0.197 e. The van der Waals surface area contributed by atoms with Crippen LogP contribution >= 0.6 is 51.0 Å². The first-order chi connectivity index (χ1) is 1.73. The molecule has 0 aliphatic rings. The van der Waals surface area contributed by atoms with Gasteiger partial charge in [0.05, 0.1) is 3.53 Å². The molecule has 0 fully saturated rings. The summed E-state index contributed by atoms with van der Waals surface area (Å²) in [5.74, 6) is 0. The number of thiol groups is 2. The monoisotopic (exact) mass is 144 g/mol. The fraction of sp³-hybridized carbons (Fsp3) is 0. The molecule has 0 aromatic carbocycles. The second-order valence-corrected chi connectivity index (χ2v) is 2.54. The van der Waals surface area contributed by atoms with Gasteiger partial charge in [0.25, 0.3) is 0 Å². The third-order valence-corrected chi connectivity index (χ3v) is 0. The van der Waals surface area contributed by atoms with Gasteiger partial charge in [-0.2, -0.15) is 13.5 Å². The van der Waals surface area contributed by atoms with Crippen LogP contribution in [0, 0.1) is 0 Å². The molecule has 0 nitrogen and oxygen atoms in total. The molecular formula is CH4S4. The average Bonchev–Trinajstić information content (AvgIpc) is 0.811. The molecule has 32 valence electrons. The van der Waals surface area contributed by atoms with Crippen molar-refractivity contribution in [3.63, 3.8) is 0 Å². The van der Waals surface area contributed by atoms with Gasteiger partial charge < -0.3 is 0 Å². The Hall–Kier alpha value is 1.14. The van der Waals surface area contributed by atoms with Crippen molar-refractivity contribution in [1.82, 2.24) is 0 Å². The number of thiocarbonyl (C=S) groups is 1. The Balaban J connectivity index is 0. The van der Waals surface area contributed by atoms with Gasteiger partial charge >= 0.3 is 0 Å². The van der Waals surface area contributed by atoms with Crippen LogP contribution in [0.5, 0.6) is 0 Å². The van der Waals surface area contributed by atoms with Crippen LogP contribution in [0.4, 0.5) is 0 Å². The fourth-order valence-electron chi connectivity index (χ4n) is 0. The van der Waals surface area contributed by atoms with Crippen LogP contribution in [0.15, 0.2) is 0 Å². The van der Waals surface area contributed by atoms with E-state index in [9.17, 15) is 0 Å². The molecule has 0 saturated carbocycles. The summed E-state index contributed by atoms with van der Waals surface area (Å²) >= 11 is 11.4. The van der Waals surface area contributed by atoms with E-state index >= 15 is 0 Å². The average molecular weight is 144 g/mol. The summed E-state index contributed by atoms with van der Waals surface area (Å²) in [6, 6.07) is 0. The lowest BCUT2D eigenvalue weighted by Crippen LogP contribution is -1.46. The minimum atomic E-state index is 0. The van der Waals surface area contributed by atoms with Crippen molar-refractivity contribution < 1.29 is 0 Å². The molecule has 0 aliphatic carbocycles. The van der Waals surface area contributed by atoms with Gasteiger partial charge in [0.1, 0.15) is 0 Å². The summed E-state index contributed by atoms with van der Waals surface area (Å²) in [7, 11) is 0. The standard InChI is InChI=1S/CH2S3.H2S/c2-1(3)4;/h(H2,2,3,4);1H2. The lowest BCUT2D eigenvalue weighted by molar-refractivity contribution is 4.26. The van der Waals surface area contributed by atoms with Gasteiger partial charge in [0.2, 0.25) is 0 Å². The Morgan fingerprint density at radius 2 is 1.40 bits per heavy atom. The van der Waals surface area contributed by atoms with Crippen molar-refractivity contribution in [1.29, 1.82) is 0 Å². The molecule has 0 atom stereocenters. The Kier molecular flexibility index (Phi) is 9.73. The molecule has 4 heteroatoms. The van der Waals surface area contributed by atoms with Crippen LogP contribution in [0.2, 0.25) is 0 Å². The minimum absolute atomic E-state index is 0. The number of hydrogen-bond donors (Lipinski definition) is 2. The highest BCUT2D eigenvalue weighted by Crippen LogP contribution is 1.83. The summed E-state index contributed by atoms with van der Waals surface area (Å²) in [5.41, 5.74) is 0. The zero-order valence-electron chi connectivity index (χ0n) is 2.30. The Labute approximate surface area is 54.6 Å². The molecule has 0 saturated heterocycles. The highest BCUT2D eigenvalue weighted by Gasteiger charge is 1.58. The smallest absolute Gasteiger partial charge is 0.0976 e. The highest BCUT2D eigenvalue weighted by atomic mass is 32.2. The maximum Gasteiger partial charge on any atom is 0.0976 e. The molecule has 0 spiro atoms. The van der Waals surface area contributed by atoms with E-state index in [1.807, 2.05) is 0 Å². The molecule has 0 aliphatic heterocycles. The predicted octanol–water partition coefficient (Wildman–Crippen LogP) is 1.24. The van der Waals surface area contributed by atoms with Crippen LogP contribution in [0.1, 0.15) is 0 Å². The van der Waals surface area contributed by atoms with Crippen molar-refractivity contribution in [3.8, 4) is 0 Å². The third kappa shape index (κ3) is 39.0. The second-order valence-electron chi connectivity index (χ2n) is 0.283. The first-order valence-corrected chi connectivity index (χ1v) is 1.95. The first-order valence-electron chi connectivity index (χ1n) is 0.651. The summed E-state index contributed by atoms with van der Waals surface area (Å²) in [6.07, 6.45) is 0. The van der Waals surface area contributed by atoms with Crippen LogP contribution in [-0.2, 0) is 0 Å². The van der Waals surface area contributed by atoms with Crippen LogP contribution in [0.3, 0.4) is 0 Å². The van der Waals surface area contributed by atoms with Crippen molar-refractivity contribution in [2.45, 2.75) is 0 Å². The van der Waals surface area contributed by atoms with E-state index in [1.165, 1.54) is 0 Å². The van der Waals surface area contributed by atoms with E-state index in [0.717, 1.165) is 0 Å². The minimum Gasteiger partial charge on any atom is -0.197 e. The summed E-state index contributed by atoms with van der Waals surface area (Å²) < 4.78 is 0.389. The zero-order chi connectivity index (χ0) is 3.58. The molecule has 0 rings (SSSR count). The maximum absolute atomic E-state index is 4.27. The van der Waals surface area contributed by atoms with Crippen LogP contribution in [0.25, 0.3) is 0 Å². The van der Waals surface area contributed by atoms with Gasteiger partial charge in [0, 0.05) is 0 Å². The van der Waals surface area contributed by atoms with Gasteiger partial charge in [-0.05, 0) is 0 Å². The summed E-state index contributed by atoms with van der Waals surface area (Å²) in [5, 5.41) is 0. The molecule has 0 N–H and O–H groups in total. The van der Waals surface area contributed by atoms with E-state index in [-0.39, 0.29) is 13.5 Å². The Bertz CT molecular complexity index is 26.6. The van der Waals surface area contributed by atoms with Crippen molar-refractivity contribution in [2.24, 2.45) is 0 Å². The quantitative estimate of drug-likeness (QED) is 0.381. The molecule has 0 unspecified atom stereocenters. The number of rotatable bonds is 0.